The lowest BCUT2D eigenvalue weighted by atomic mass is 10.1. The third-order valence-electron chi connectivity index (χ3n) is 3.02. The monoisotopic (exact) mass is 235 g/mol. The predicted molar refractivity (Wildman–Crippen MR) is 67.8 cm³/mol. The van der Waals surface area contributed by atoms with Crippen LogP contribution in [0.3, 0.4) is 0 Å². The van der Waals surface area contributed by atoms with Crippen molar-refractivity contribution in [1.29, 1.82) is 0 Å². The molecular weight excluding hydrogens is 214 g/mol. The summed E-state index contributed by atoms with van der Waals surface area (Å²) in [5.74, 6) is 0.593. The van der Waals surface area contributed by atoms with Crippen molar-refractivity contribution in [1.82, 2.24) is 5.32 Å². The van der Waals surface area contributed by atoms with Gasteiger partial charge < -0.3 is 14.8 Å². The van der Waals surface area contributed by atoms with Crippen LogP contribution < -0.4 is 5.32 Å². The number of hydrogen-bond acceptors (Lipinski definition) is 3. The van der Waals surface area contributed by atoms with Crippen LogP contribution in [-0.4, -0.2) is 26.9 Å². The predicted octanol–water partition coefficient (Wildman–Crippen LogP) is 1.96. The van der Waals surface area contributed by atoms with Crippen molar-refractivity contribution < 1.29 is 9.47 Å². The molecule has 0 radical (unpaired) electrons. The number of ether oxygens (including phenoxy) is 2. The Bertz CT molecular complexity index is 335. The van der Waals surface area contributed by atoms with Crippen molar-refractivity contribution in [3.8, 4) is 0 Å². The lowest BCUT2D eigenvalue weighted by molar-refractivity contribution is 0.0791. The highest BCUT2D eigenvalue weighted by Crippen LogP contribution is 2.13. The Hall–Kier alpha value is -0.900. The van der Waals surface area contributed by atoms with Crippen LogP contribution >= 0.6 is 0 Å². The van der Waals surface area contributed by atoms with E-state index in [1.54, 1.807) is 0 Å². The van der Waals surface area contributed by atoms with Gasteiger partial charge in [-0.25, -0.2) is 0 Å². The molecule has 0 spiro atoms. The van der Waals surface area contributed by atoms with Gasteiger partial charge in [-0.15, -0.1) is 0 Å². The molecule has 1 aromatic rings. The van der Waals surface area contributed by atoms with Crippen molar-refractivity contribution in [2.45, 2.75) is 19.6 Å². The van der Waals surface area contributed by atoms with Gasteiger partial charge in [0.2, 0.25) is 0 Å². The fraction of sp³-hybridized carbons (Fsp3) is 0.571. The molecule has 0 bridgehead atoms. The molecule has 1 unspecified atom stereocenters. The molecule has 1 heterocycles. The van der Waals surface area contributed by atoms with E-state index in [0.717, 1.165) is 32.8 Å². The van der Waals surface area contributed by atoms with Crippen LogP contribution in [0.2, 0.25) is 0 Å². The summed E-state index contributed by atoms with van der Waals surface area (Å²) in [6.45, 7) is 4.18. The van der Waals surface area contributed by atoms with Crippen LogP contribution in [-0.2, 0) is 22.6 Å². The molecule has 1 fully saturated rings. The molecule has 1 aromatic carbocycles. The molecule has 0 aromatic heterocycles. The summed E-state index contributed by atoms with van der Waals surface area (Å²) < 4.78 is 11.1. The molecule has 1 atom stereocenters. The molecule has 1 N–H and O–H groups in total. The Morgan fingerprint density at radius 3 is 3.06 bits per heavy atom. The number of rotatable bonds is 6. The van der Waals surface area contributed by atoms with E-state index >= 15 is 0 Å². The van der Waals surface area contributed by atoms with Crippen LogP contribution in [0.4, 0.5) is 0 Å². The number of nitrogens with one attached hydrogen (secondary N) is 1. The van der Waals surface area contributed by atoms with Gasteiger partial charge in [0, 0.05) is 19.1 Å². The highest BCUT2D eigenvalue weighted by molar-refractivity contribution is 5.22. The zero-order chi connectivity index (χ0) is 11.9. The van der Waals surface area contributed by atoms with Crippen LogP contribution in [0.5, 0.6) is 0 Å². The van der Waals surface area contributed by atoms with Gasteiger partial charge >= 0.3 is 0 Å². The fourth-order valence-corrected chi connectivity index (χ4v) is 2.09. The van der Waals surface area contributed by atoms with E-state index in [4.69, 9.17) is 9.47 Å². The molecule has 0 amide bonds. The lowest BCUT2D eigenvalue weighted by Gasteiger charge is -2.09. The summed E-state index contributed by atoms with van der Waals surface area (Å²) in [6.07, 6.45) is 1.14. The second-order valence-corrected chi connectivity index (χ2v) is 4.60. The maximum atomic E-state index is 5.74. The molecular formula is C14H21NO2. The highest BCUT2D eigenvalue weighted by atomic mass is 16.5. The van der Waals surface area contributed by atoms with Crippen molar-refractivity contribution in [2.75, 3.05) is 26.9 Å². The Labute approximate surface area is 103 Å². The Morgan fingerprint density at radius 2 is 2.29 bits per heavy atom. The van der Waals surface area contributed by atoms with Gasteiger partial charge in [0.25, 0.3) is 0 Å². The van der Waals surface area contributed by atoms with Crippen LogP contribution in [0.25, 0.3) is 0 Å². The van der Waals surface area contributed by atoms with E-state index in [9.17, 15) is 0 Å². The topological polar surface area (TPSA) is 30.5 Å². The first-order valence-corrected chi connectivity index (χ1v) is 6.26. The molecule has 17 heavy (non-hydrogen) atoms. The standard InChI is InChI=1S/C14H21NO2/c1-15-8-12-3-2-4-13(7-12)9-17-11-14-5-6-16-10-14/h2-4,7,14-15H,5-6,8-11H2,1H3. The van der Waals surface area contributed by atoms with Crippen LogP contribution in [0, 0.1) is 5.92 Å². The minimum absolute atomic E-state index is 0.593. The van der Waals surface area contributed by atoms with Crippen LogP contribution in [0.1, 0.15) is 17.5 Å². The van der Waals surface area contributed by atoms with Gasteiger partial charge in [-0.1, -0.05) is 24.3 Å². The summed E-state index contributed by atoms with van der Waals surface area (Å²) in [4.78, 5) is 0. The average Bonchev–Trinajstić information content (AvgIpc) is 2.83. The SMILES string of the molecule is CNCc1cccc(COCC2CCOC2)c1. The van der Waals surface area contributed by atoms with E-state index in [1.807, 2.05) is 7.05 Å². The third kappa shape index (κ3) is 4.11. The molecule has 94 valence electrons. The average molecular weight is 235 g/mol. The molecule has 3 heteroatoms. The van der Waals surface area contributed by atoms with Gasteiger partial charge in [-0.05, 0) is 24.6 Å². The van der Waals surface area contributed by atoms with Crippen molar-refractivity contribution >= 4 is 0 Å². The minimum atomic E-state index is 0.593. The highest BCUT2D eigenvalue weighted by Gasteiger charge is 2.15. The Morgan fingerprint density at radius 1 is 1.41 bits per heavy atom. The lowest BCUT2D eigenvalue weighted by Crippen LogP contribution is -2.09. The second kappa shape index (κ2) is 6.74. The van der Waals surface area contributed by atoms with Gasteiger partial charge in [0.15, 0.2) is 0 Å². The van der Waals surface area contributed by atoms with Gasteiger partial charge in [-0.2, -0.15) is 0 Å². The molecule has 1 saturated heterocycles. The quantitative estimate of drug-likeness (QED) is 0.817. The van der Waals surface area contributed by atoms with Crippen molar-refractivity contribution in [2.24, 2.45) is 5.92 Å². The first-order valence-electron chi connectivity index (χ1n) is 6.26. The zero-order valence-electron chi connectivity index (χ0n) is 10.4. The summed E-state index contributed by atoms with van der Waals surface area (Å²) in [6, 6.07) is 8.53. The normalized spacial score (nSPS) is 19.7. The van der Waals surface area contributed by atoms with E-state index in [2.05, 4.69) is 29.6 Å². The Balaban J connectivity index is 1.75. The molecule has 1 aliphatic rings. The van der Waals surface area contributed by atoms with E-state index in [0.29, 0.717) is 12.5 Å². The largest absolute Gasteiger partial charge is 0.381 e. The summed E-state index contributed by atoms with van der Waals surface area (Å²) >= 11 is 0. The molecule has 3 nitrogen and oxygen atoms in total. The summed E-state index contributed by atoms with van der Waals surface area (Å²) in [5.41, 5.74) is 2.55. The number of benzene rings is 1. The van der Waals surface area contributed by atoms with Gasteiger partial charge in [0.1, 0.15) is 0 Å². The Kier molecular flexibility index (Phi) is 4.98. The maximum absolute atomic E-state index is 5.74. The van der Waals surface area contributed by atoms with Crippen molar-refractivity contribution in [3.63, 3.8) is 0 Å². The third-order valence-corrected chi connectivity index (χ3v) is 3.02. The summed E-state index contributed by atoms with van der Waals surface area (Å²) in [5, 5.41) is 3.15. The zero-order valence-corrected chi connectivity index (χ0v) is 10.4. The van der Waals surface area contributed by atoms with Crippen LogP contribution in [0.15, 0.2) is 24.3 Å². The maximum Gasteiger partial charge on any atom is 0.0717 e. The van der Waals surface area contributed by atoms with Gasteiger partial charge in [-0.3, -0.25) is 0 Å². The molecule has 1 aliphatic heterocycles. The second-order valence-electron chi connectivity index (χ2n) is 4.60. The fourth-order valence-electron chi connectivity index (χ4n) is 2.09. The van der Waals surface area contributed by atoms with E-state index in [-0.39, 0.29) is 0 Å². The van der Waals surface area contributed by atoms with E-state index in [1.165, 1.54) is 11.1 Å². The number of hydrogen-bond donors (Lipinski definition) is 1. The smallest absolute Gasteiger partial charge is 0.0717 e. The van der Waals surface area contributed by atoms with Crippen molar-refractivity contribution in [3.05, 3.63) is 35.4 Å². The first kappa shape index (κ1) is 12.6. The first-order chi connectivity index (χ1) is 8.38. The van der Waals surface area contributed by atoms with E-state index < -0.39 is 0 Å². The summed E-state index contributed by atoms with van der Waals surface area (Å²) in [7, 11) is 1.96. The molecule has 0 saturated carbocycles. The van der Waals surface area contributed by atoms with Gasteiger partial charge in [0.05, 0.1) is 19.8 Å². The molecule has 2 rings (SSSR count). The minimum Gasteiger partial charge on any atom is -0.381 e. The molecule has 0 aliphatic carbocycles.